The minimum absolute atomic E-state index is 0.796. The van der Waals surface area contributed by atoms with Gasteiger partial charge in [-0.1, -0.05) is 29.8 Å². The van der Waals surface area contributed by atoms with E-state index in [1.165, 1.54) is 10.5 Å². The van der Waals surface area contributed by atoms with Crippen molar-refractivity contribution in [3.63, 3.8) is 0 Å². The Kier molecular flexibility index (Phi) is 4.73. The first kappa shape index (κ1) is 13.1. The summed E-state index contributed by atoms with van der Waals surface area (Å²) in [4.78, 5) is 5.81. The van der Waals surface area contributed by atoms with Crippen LogP contribution in [0, 0.1) is 0 Å². The lowest BCUT2D eigenvalue weighted by Crippen LogP contribution is -3.07. The van der Waals surface area contributed by atoms with E-state index in [1.807, 2.05) is 30.5 Å². The van der Waals surface area contributed by atoms with Gasteiger partial charge in [0.05, 0.1) is 13.6 Å². The third-order valence-corrected chi connectivity index (χ3v) is 3.21. The number of rotatable bonds is 5. The second-order valence-corrected chi connectivity index (χ2v) is 5.02. The van der Waals surface area contributed by atoms with Gasteiger partial charge >= 0.3 is 0 Å². The topological polar surface area (TPSA) is 17.3 Å². The molecule has 2 nitrogen and oxygen atoms in total. The highest BCUT2D eigenvalue weighted by Gasteiger charge is 2.04. The van der Waals surface area contributed by atoms with Gasteiger partial charge < -0.3 is 4.90 Å². The third-order valence-electron chi connectivity index (χ3n) is 2.95. The molecule has 1 atom stereocenters. The fraction of sp³-hybridized carbons (Fsp3) is 0.267. The molecule has 1 heterocycles. The number of aromatic nitrogens is 1. The number of hydrogen-bond donors (Lipinski definition) is 1. The number of halogens is 1. The first-order valence-corrected chi connectivity index (χ1v) is 6.57. The van der Waals surface area contributed by atoms with Crippen LogP contribution in [0.4, 0.5) is 0 Å². The van der Waals surface area contributed by atoms with Crippen LogP contribution in [0.2, 0.25) is 5.02 Å². The van der Waals surface area contributed by atoms with Gasteiger partial charge in [-0.2, -0.15) is 0 Å². The van der Waals surface area contributed by atoms with Crippen molar-refractivity contribution in [3.8, 4) is 0 Å². The quantitative estimate of drug-likeness (QED) is 0.871. The molecule has 0 fully saturated rings. The average molecular weight is 262 g/mol. The normalized spacial score (nSPS) is 12.3. The number of benzene rings is 1. The Morgan fingerprint density at radius 1 is 1.11 bits per heavy atom. The van der Waals surface area contributed by atoms with Crippen molar-refractivity contribution in [1.29, 1.82) is 0 Å². The summed E-state index contributed by atoms with van der Waals surface area (Å²) in [5, 5.41) is 0.796. The van der Waals surface area contributed by atoms with E-state index in [4.69, 9.17) is 11.6 Å². The predicted molar refractivity (Wildman–Crippen MR) is 74.9 cm³/mol. The van der Waals surface area contributed by atoms with Gasteiger partial charge in [-0.25, -0.2) is 0 Å². The molecule has 0 bridgehead atoms. The number of quaternary nitrogens is 1. The predicted octanol–water partition coefficient (Wildman–Crippen LogP) is 1.99. The van der Waals surface area contributed by atoms with Gasteiger partial charge in [0, 0.05) is 28.9 Å². The first-order valence-electron chi connectivity index (χ1n) is 6.20. The minimum atomic E-state index is 0.796. The highest BCUT2D eigenvalue weighted by Crippen LogP contribution is 2.08. The van der Waals surface area contributed by atoms with E-state index in [-0.39, 0.29) is 0 Å². The Bertz CT molecular complexity index is 468. The molecule has 3 heteroatoms. The third kappa shape index (κ3) is 4.13. The molecule has 2 aromatic rings. The van der Waals surface area contributed by atoms with Crippen LogP contribution in [0.3, 0.4) is 0 Å². The van der Waals surface area contributed by atoms with Crippen molar-refractivity contribution in [2.45, 2.75) is 13.0 Å². The van der Waals surface area contributed by atoms with Gasteiger partial charge in [0.25, 0.3) is 0 Å². The summed E-state index contributed by atoms with van der Waals surface area (Å²) < 4.78 is 0. The molecule has 2 rings (SSSR count). The highest BCUT2D eigenvalue weighted by molar-refractivity contribution is 6.30. The number of nitrogens with zero attached hydrogens (tertiary/aromatic N) is 1. The second kappa shape index (κ2) is 6.53. The summed E-state index contributed by atoms with van der Waals surface area (Å²) in [6.07, 6.45) is 2.87. The van der Waals surface area contributed by atoms with Gasteiger partial charge in [0.2, 0.25) is 0 Å². The van der Waals surface area contributed by atoms with Crippen LogP contribution in [0.25, 0.3) is 0 Å². The summed E-state index contributed by atoms with van der Waals surface area (Å²) in [6, 6.07) is 14.1. The van der Waals surface area contributed by atoms with Crippen LogP contribution >= 0.6 is 11.6 Å². The fourth-order valence-corrected chi connectivity index (χ4v) is 2.05. The summed E-state index contributed by atoms with van der Waals surface area (Å²) in [6.45, 7) is 2.10. The molecule has 0 saturated heterocycles. The van der Waals surface area contributed by atoms with Crippen molar-refractivity contribution in [1.82, 2.24) is 4.98 Å². The average Bonchev–Trinajstić information content (AvgIpc) is 2.40. The molecule has 18 heavy (non-hydrogen) atoms. The molecule has 94 valence electrons. The van der Waals surface area contributed by atoms with Crippen LogP contribution in [0.5, 0.6) is 0 Å². The van der Waals surface area contributed by atoms with E-state index in [9.17, 15) is 0 Å². The summed E-state index contributed by atoms with van der Waals surface area (Å²) in [7, 11) is 2.21. The lowest BCUT2D eigenvalue weighted by molar-refractivity contribution is -0.893. The van der Waals surface area contributed by atoms with Crippen molar-refractivity contribution >= 4 is 11.6 Å². The van der Waals surface area contributed by atoms with Gasteiger partial charge in [0.1, 0.15) is 6.54 Å². The number of likely N-dealkylation sites (N-methyl/N-ethyl adjacent to an activating group) is 1. The van der Waals surface area contributed by atoms with Gasteiger partial charge in [-0.3, -0.25) is 4.98 Å². The maximum absolute atomic E-state index is 5.87. The molecule has 0 aliphatic carbocycles. The van der Waals surface area contributed by atoms with E-state index in [1.54, 1.807) is 0 Å². The molecule has 1 aromatic carbocycles. The Morgan fingerprint density at radius 2 is 1.89 bits per heavy atom. The molecular weight excluding hydrogens is 244 g/mol. The maximum Gasteiger partial charge on any atom is 0.103 e. The Morgan fingerprint density at radius 3 is 2.56 bits per heavy atom. The molecule has 0 saturated carbocycles. The molecule has 1 unspecified atom stereocenters. The second-order valence-electron chi connectivity index (χ2n) is 4.58. The summed E-state index contributed by atoms with van der Waals surface area (Å²) in [5.41, 5.74) is 2.48. The Hall–Kier alpha value is -1.38. The van der Waals surface area contributed by atoms with E-state index in [2.05, 4.69) is 30.2 Å². The van der Waals surface area contributed by atoms with Crippen LogP contribution in [0.15, 0.2) is 48.7 Å². The van der Waals surface area contributed by atoms with E-state index >= 15 is 0 Å². The summed E-state index contributed by atoms with van der Waals surface area (Å²) >= 11 is 5.87. The number of nitrogens with one attached hydrogen (secondary N) is 1. The van der Waals surface area contributed by atoms with Crippen LogP contribution < -0.4 is 4.90 Å². The monoisotopic (exact) mass is 261 g/mol. The molecule has 0 aliphatic heterocycles. The largest absolute Gasteiger partial charge is 0.333 e. The van der Waals surface area contributed by atoms with Crippen molar-refractivity contribution in [2.75, 3.05) is 13.6 Å². The highest BCUT2D eigenvalue weighted by atomic mass is 35.5. The van der Waals surface area contributed by atoms with Crippen molar-refractivity contribution < 1.29 is 4.90 Å². The molecule has 1 N–H and O–H groups in total. The molecular formula is C15H18ClN2+. The van der Waals surface area contributed by atoms with E-state index in [0.717, 1.165) is 30.2 Å². The van der Waals surface area contributed by atoms with Gasteiger partial charge in [0.15, 0.2) is 0 Å². The zero-order valence-corrected chi connectivity index (χ0v) is 11.3. The SMILES string of the molecule is C[NH+](CCc1ccccn1)Cc1ccc(Cl)cc1. The maximum atomic E-state index is 5.87. The standard InChI is InChI=1S/C15H17ClN2/c1-18(11-9-15-4-2-3-10-17-15)12-13-5-7-14(16)8-6-13/h2-8,10H,9,11-12H2,1H3/p+1. The minimum Gasteiger partial charge on any atom is -0.333 e. The zero-order chi connectivity index (χ0) is 12.8. The van der Waals surface area contributed by atoms with Crippen molar-refractivity contribution in [3.05, 3.63) is 64.9 Å². The van der Waals surface area contributed by atoms with Gasteiger partial charge in [-0.05, 0) is 24.3 Å². The van der Waals surface area contributed by atoms with Crippen LogP contribution in [0.1, 0.15) is 11.3 Å². The zero-order valence-electron chi connectivity index (χ0n) is 10.6. The Balaban J connectivity index is 1.82. The van der Waals surface area contributed by atoms with Crippen LogP contribution in [-0.2, 0) is 13.0 Å². The van der Waals surface area contributed by atoms with E-state index in [0.29, 0.717) is 0 Å². The summed E-state index contributed by atoms with van der Waals surface area (Å²) in [5.74, 6) is 0. The first-order chi connectivity index (χ1) is 8.74. The van der Waals surface area contributed by atoms with E-state index < -0.39 is 0 Å². The molecule has 1 aromatic heterocycles. The molecule has 0 spiro atoms. The van der Waals surface area contributed by atoms with Crippen molar-refractivity contribution in [2.24, 2.45) is 0 Å². The van der Waals surface area contributed by atoms with Crippen LogP contribution in [-0.4, -0.2) is 18.6 Å². The fourth-order valence-electron chi connectivity index (χ4n) is 1.93. The van der Waals surface area contributed by atoms with Gasteiger partial charge in [-0.15, -0.1) is 0 Å². The molecule has 0 aliphatic rings. The Labute approximate surface area is 113 Å². The number of hydrogen-bond acceptors (Lipinski definition) is 1. The number of pyridine rings is 1. The lowest BCUT2D eigenvalue weighted by atomic mass is 10.2. The lowest BCUT2D eigenvalue weighted by Gasteiger charge is -2.13. The smallest absolute Gasteiger partial charge is 0.103 e. The molecule has 0 radical (unpaired) electrons. The molecule has 0 amide bonds.